The number of amides is 2. The summed E-state index contributed by atoms with van der Waals surface area (Å²) >= 11 is 6.07. The lowest BCUT2D eigenvalue weighted by molar-refractivity contribution is -0.282. The van der Waals surface area contributed by atoms with Crippen molar-refractivity contribution in [3.05, 3.63) is 64.8 Å². The quantitative estimate of drug-likeness (QED) is 0.511. The molecule has 3 aliphatic rings. The first kappa shape index (κ1) is 22.4. The van der Waals surface area contributed by atoms with E-state index in [4.69, 9.17) is 21.1 Å². The van der Waals surface area contributed by atoms with Crippen LogP contribution < -0.4 is 4.90 Å². The molecule has 2 saturated heterocycles. The van der Waals surface area contributed by atoms with Crippen molar-refractivity contribution in [1.29, 1.82) is 0 Å². The van der Waals surface area contributed by atoms with E-state index in [1.54, 1.807) is 23.1 Å². The van der Waals surface area contributed by atoms with Crippen molar-refractivity contribution in [2.75, 3.05) is 31.2 Å². The second-order valence-electron chi connectivity index (χ2n) is 9.17. The zero-order valence-corrected chi connectivity index (χ0v) is 19.9. The van der Waals surface area contributed by atoms with E-state index in [-0.39, 0.29) is 18.2 Å². The minimum Gasteiger partial charge on any atom is -0.350 e. The lowest BCUT2D eigenvalue weighted by Gasteiger charge is -2.43. The molecule has 0 saturated carbocycles. The van der Waals surface area contributed by atoms with Gasteiger partial charge in [0.05, 0.1) is 25.7 Å². The van der Waals surface area contributed by atoms with E-state index in [2.05, 4.69) is 9.97 Å². The van der Waals surface area contributed by atoms with Gasteiger partial charge in [-0.15, -0.1) is 0 Å². The Morgan fingerprint density at radius 1 is 1.03 bits per heavy atom. The Labute approximate surface area is 207 Å². The maximum absolute atomic E-state index is 13.5. The molecular formula is C26H25ClN4O4. The van der Waals surface area contributed by atoms with E-state index < -0.39 is 11.8 Å². The molecular weight excluding hydrogens is 468 g/mol. The van der Waals surface area contributed by atoms with Crippen molar-refractivity contribution in [3.8, 4) is 0 Å². The number of ether oxygens (including phenoxy) is 2. The number of rotatable bonds is 3. The number of carbonyl (C=O) groups excluding carboxylic acids is 2. The summed E-state index contributed by atoms with van der Waals surface area (Å²) < 4.78 is 11.8. The van der Waals surface area contributed by atoms with Gasteiger partial charge in [0.1, 0.15) is 11.0 Å². The Kier molecular flexibility index (Phi) is 5.67. The highest BCUT2D eigenvalue weighted by atomic mass is 35.5. The second-order valence-corrected chi connectivity index (χ2v) is 9.56. The van der Waals surface area contributed by atoms with Crippen LogP contribution >= 0.6 is 11.6 Å². The number of hydrogen-bond donors (Lipinski definition) is 0. The Bertz CT molecular complexity index is 1300. The predicted molar refractivity (Wildman–Crippen MR) is 130 cm³/mol. The van der Waals surface area contributed by atoms with Crippen LogP contribution in [0.2, 0.25) is 5.15 Å². The number of anilines is 1. The maximum atomic E-state index is 13.5. The fourth-order valence-electron chi connectivity index (χ4n) is 5.25. The van der Waals surface area contributed by atoms with Gasteiger partial charge in [0.15, 0.2) is 11.4 Å². The van der Waals surface area contributed by atoms with Crippen LogP contribution in [0.1, 0.15) is 47.6 Å². The zero-order chi connectivity index (χ0) is 24.0. The van der Waals surface area contributed by atoms with Crippen molar-refractivity contribution >= 4 is 40.3 Å². The molecule has 9 heteroatoms. The van der Waals surface area contributed by atoms with E-state index in [0.29, 0.717) is 61.3 Å². The number of hydrogen-bond acceptors (Lipinski definition) is 6. The molecule has 1 aromatic carbocycles. The highest BCUT2D eigenvalue weighted by Gasteiger charge is 2.43. The van der Waals surface area contributed by atoms with Crippen molar-refractivity contribution in [3.63, 3.8) is 0 Å². The molecule has 0 bridgehead atoms. The van der Waals surface area contributed by atoms with Crippen LogP contribution in [0, 0.1) is 0 Å². The van der Waals surface area contributed by atoms with Gasteiger partial charge in [-0.1, -0.05) is 29.8 Å². The van der Waals surface area contributed by atoms with Crippen LogP contribution in [-0.2, 0) is 14.3 Å². The standard InChI is InChI=1S/C26H25ClN4O4/c27-21-8-6-17-7-9-22(29-24(17)28-21)31-20(18-4-1-2-5-19(18)25(31)33)16-23(32)30-12-10-26(11-13-30)34-14-3-15-35-26/h1-2,4-9,20H,3,10-16H2. The van der Waals surface area contributed by atoms with Gasteiger partial charge in [-0.2, -0.15) is 0 Å². The molecule has 5 heterocycles. The van der Waals surface area contributed by atoms with Crippen LogP contribution in [0.5, 0.6) is 0 Å². The van der Waals surface area contributed by atoms with Gasteiger partial charge in [-0.25, -0.2) is 9.97 Å². The smallest absolute Gasteiger partial charge is 0.260 e. The largest absolute Gasteiger partial charge is 0.350 e. The van der Waals surface area contributed by atoms with Gasteiger partial charge in [-0.3, -0.25) is 14.5 Å². The fourth-order valence-corrected chi connectivity index (χ4v) is 5.40. The molecule has 180 valence electrons. The van der Waals surface area contributed by atoms with Crippen LogP contribution in [0.3, 0.4) is 0 Å². The van der Waals surface area contributed by atoms with E-state index >= 15 is 0 Å². The first-order chi connectivity index (χ1) is 17.0. The van der Waals surface area contributed by atoms with Gasteiger partial charge in [-0.05, 0) is 42.3 Å². The van der Waals surface area contributed by atoms with Gasteiger partial charge in [0.2, 0.25) is 5.91 Å². The van der Waals surface area contributed by atoms with Crippen LogP contribution in [-0.4, -0.2) is 58.8 Å². The summed E-state index contributed by atoms with van der Waals surface area (Å²) in [5.74, 6) is -0.279. The van der Waals surface area contributed by atoms with Crippen molar-refractivity contribution in [2.24, 2.45) is 0 Å². The topological polar surface area (TPSA) is 84.9 Å². The molecule has 1 spiro atoms. The molecule has 2 amide bonds. The monoisotopic (exact) mass is 492 g/mol. The van der Waals surface area contributed by atoms with Crippen LogP contribution in [0.4, 0.5) is 5.82 Å². The third-order valence-corrected chi connectivity index (χ3v) is 7.31. The van der Waals surface area contributed by atoms with Gasteiger partial charge >= 0.3 is 0 Å². The highest BCUT2D eigenvalue weighted by Crippen LogP contribution is 2.40. The molecule has 2 aromatic heterocycles. The third-order valence-electron chi connectivity index (χ3n) is 7.10. The molecule has 6 rings (SSSR count). The molecule has 2 fully saturated rings. The number of pyridine rings is 2. The molecule has 0 aliphatic carbocycles. The molecule has 1 atom stereocenters. The van der Waals surface area contributed by atoms with E-state index in [1.165, 1.54) is 0 Å². The summed E-state index contributed by atoms with van der Waals surface area (Å²) in [6.45, 7) is 2.53. The van der Waals surface area contributed by atoms with Crippen LogP contribution in [0.25, 0.3) is 11.0 Å². The summed E-state index contributed by atoms with van der Waals surface area (Å²) in [7, 11) is 0. The lowest BCUT2D eigenvalue weighted by atomic mass is 9.99. The van der Waals surface area contributed by atoms with E-state index in [0.717, 1.165) is 17.4 Å². The Morgan fingerprint density at radius 2 is 1.77 bits per heavy atom. The minimum absolute atomic E-state index is 0.00267. The number of nitrogens with zero attached hydrogens (tertiary/aromatic N) is 4. The van der Waals surface area contributed by atoms with E-state index in [9.17, 15) is 9.59 Å². The van der Waals surface area contributed by atoms with Gasteiger partial charge in [0, 0.05) is 36.9 Å². The summed E-state index contributed by atoms with van der Waals surface area (Å²) in [6.07, 6.45) is 2.38. The summed E-state index contributed by atoms with van der Waals surface area (Å²) in [4.78, 5) is 39.3. The van der Waals surface area contributed by atoms with Gasteiger partial charge < -0.3 is 14.4 Å². The Morgan fingerprint density at radius 3 is 2.57 bits per heavy atom. The average Bonchev–Trinajstić information content (AvgIpc) is 3.16. The zero-order valence-electron chi connectivity index (χ0n) is 19.2. The molecule has 0 radical (unpaired) electrons. The van der Waals surface area contributed by atoms with Crippen molar-refractivity contribution in [2.45, 2.75) is 37.5 Å². The third kappa shape index (κ3) is 4.05. The predicted octanol–water partition coefficient (Wildman–Crippen LogP) is 4.13. The summed E-state index contributed by atoms with van der Waals surface area (Å²) in [5, 5.41) is 1.16. The van der Waals surface area contributed by atoms with Gasteiger partial charge in [0.25, 0.3) is 5.91 Å². The van der Waals surface area contributed by atoms with Crippen molar-refractivity contribution < 1.29 is 19.1 Å². The first-order valence-corrected chi connectivity index (χ1v) is 12.3. The number of aromatic nitrogens is 2. The minimum atomic E-state index is -0.555. The Balaban J connectivity index is 1.27. The second kappa shape index (κ2) is 8.86. The SMILES string of the molecule is O=C(CC1c2ccccc2C(=O)N1c1ccc2ccc(Cl)nc2n1)N1CCC2(CC1)OCCCO2. The lowest BCUT2D eigenvalue weighted by Crippen LogP contribution is -2.51. The van der Waals surface area contributed by atoms with Crippen molar-refractivity contribution in [1.82, 2.24) is 14.9 Å². The highest BCUT2D eigenvalue weighted by molar-refractivity contribution is 6.29. The number of piperidine rings is 1. The number of halogens is 1. The van der Waals surface area contributed by atoms with Crippen LogP contribution in [0.15, 0.2) is 48.5 Å². The normalized spacial score (nSPS) is 21.5. The molecule has 3 aromatic rings. The first-order valence-electron chi connectivity index (χ1n) is 11.9. The summed E-state index contributed by atoms with van der Waals surface area (Å²) in [5.41, 5.74) is 1.88. The number of fused-ring (bicyclic) bond motifs is 2. The molecule has 8 nitrogen and oxygen atoms in total. The average molecular weight is 493 g/mol. The van der Waals surface area contributed by atoms with E-state index in [1.807, 2.05) is 35.2 Å². The maximum Gasteiger partial charge on any atom is 0.260 e. The number of carbonyl (C=O) groups is 2. The molecule has 35 heavy (non-hydrogen) atoms. The molecule has 3 aliphatic heterocycles. The fraction of sp³-hybridized carbons (Fsp3) is 0.385. The number of likely N-dealkylation sites (tertiary alicyclic amines) is 1. The number of benzene rings is 1. The molecule has 0 N–H and O–H groups in total. The summed E-state index contributed by atoms with van der Waals surface area (Å²) in [6, 6.07) is 14.2. The Hall–Kier alpha value is -3.07. The molecule has 1 unspecified atom stereocenters.